The zero-order chi connectivity index (χ0) is 7.56. The molecule has 0 unspecified atom stereocenters. The molecule has 4 heteroatoms. The Labute approximate surface area is 56.1 Å². The SMILES string of the molecule is O=C([O-])c1cccnc1F. The van der Waals surface area contributed by atoms with E-state index < -0.39 is 17.5 Å². The molecule has 1 rings (SSSR count). The summed E-state index contributed by atoms with van der Waals surface area (Å²) in [5, 5.41) is 10.0. The van der Waals surface area contributed by atoms with E-state index in [9.17, 15) is 14.3 Å². The van der Waals surface area contributed by atoms with Gasteiger partial charge >= 0.3 is 0 Å². The third-order valence-corrected chi connectivity index (χ3v) is 0.979. The second-order valence-electron chi connectivity index (χ2n) is 1.63. The molecule has 1 aromatic heterocycles. The van der Waals surface area contributed by atoms with Gasteiger partial charge in [-0.05, 0) is 12.1 Å². The molecule has 1 aromatic rings. The summed E-state index contributed by atoms with van der Waals surface area (Å²) >= 11 is 0. The summed E-state index contributed by atoms with van der Waals surface area (Å²) in [4.78, 5) is 13.1. The Bertz CT molecular complexity index is 262. The van der Waals surface area contributed by atoms with Gasteiger partial charge in [-0.3, -0.25) is 0 Å². The summed E-state index contributed by atoms with van der Waals surface area (Å²) in [5.74, 6) is -2.56. The van der Waals surface area contributed by atoms with E-state index in [0.717, 1.165) is 6.07 Å². The highest BCUT2D eigenvalue weighted by molar-refractivity contribution is 5.85. The third-order valence-electron chi connectivity index (χ3n) is 0.979. The molecule has 1 heterocycles. The van der Waals surface area contributed by atoms with Gasteiger partial charge in [-0.2, -0.15) is 4.39 Å². The molecular weight excluding hydrogens is 137 g/mol. The quantitative estimate of drug-likeness (QED) is 0.498. The fourth-order valence-corrected chi connectivity index (χ4v) is 0.538. The maximum atomic E-state index is 12.3. The van der Waals surface area contributed by atoms with Gasteiger partial charge in [0.05, 0.1) is 11.5 Å². The average Bonchev–Trinajstić information content (AvgIpc) is 1.88. The van der Waals surface area contributed by atoms with Crippen molar-refractivity contribution in [2.75, 3.05) is 0 Å². The molecule has 0 radical (unpaired) electrons. The smallest absolute Gasteiger partial charge is 0.221 e. The Morgan fingerprint density at radius 1 is 1.70 bits per heavy atom. The number of nitrogens with zero attached hydrogens (tertiary/aromatic N) is 1. The van der Waals surface area contributed by atoms with Crippen LogP contribution >= 0.6 is 0 Å². The molecule has 0 atom stereocenters. The minimum Gasteiger partial charge on any atom is -0.545 e. The third kappa shape index (κ3) is 1.10. The van der Waals surface area contributed by atoms with Crippen LogP contribution in [0.5, 0.6) is 0 Å². The summed E-state index contributed by atoms with van der Waals surface area (Å²) in [6, 6.07) is 2.42. The van der Waals surface area contributed by atoms with Gasteiger partial charge in [-0.15, -0.1) is 0 Å². The van der Waals surface area contributed by atoms with Crippen LogP contribution in [0.15, 0.2) is 18.3 Å². The lowest BCUT2D eigenvalue weighted by molar-refractivity contribution is -0.255. The normalized spacial score (nSPS) is 9.30. The lowest BCUT2D eigenvalue weighted by Gasteiger charge is -1.99. The van der Waals surface area contributed by atoms with Crippen LogP contribution in [0.3, 0.4) is 0 Å². The zero-order valence-electron chi connectivity index (χ0n) is 4.87. The zero-order valence-corrected chi connectivity index (χ0v) is 4.87. The van der Waals surface area contributed by atoms with Crippen LogP contribution in [-0.4, -0.2) is 11.0 Å². The van der Waals surface area contributed by atoms with Crippen LogP contribution in [-0.2, 0) is 0 Å². The first-order chi connectivity index (χ1) is 4.72. The van der Waals surface area contributed by atoms with Crippen molar-refractivity contribution in [1.29, 1.82) is 0 Å². The van der Waals surface area contributed by atoms with Crippen LogP contribution in [0.25, 0.3) is 0 Å². The highest BCUT2D eigenvalue weighted by Crippen LogP contribution is 1.99. The fourth-order valence-electron chi connectivity index (χ4n) is 0.538. The van der Waals surface area contributed by atoms with E-state index in [4.69, 9.17) is 0 Å². The monoisotopic (exact) mass is 140 g/mol. The Morgan fingerprint density at radius 2 is 2.40 bits per heavy atom. The largest absolute Gasteiger partial charge is 0.545 e. The van der Waals surface area contributed by atoms with Crippen molar-refractivity contribution in [3.63, 3.8) is 0 Å². The summed E-state index contributed by atoms with van der Waals surface area (Å²) in [7, 11) is 0. The first kappa shape index (κ1) is 6.67. The number of carboxylic acid groups (broad SMARTS) is 1. The van der Waals surface area contributed by atoms with Gasteiger partial charge in [0.1, 0.15) is 0 Å². The molecule has 3 nitrogen and oxygen atoms in total. The van der Waals surface area contributed by atoms with E-state index in [2.05, 4.69) is 4.98 Å². The molecule has 0 spiro atoms. The van der Waals surface area contributed by atoms with Gasteiger partial charge in [-0.1, -0.05) is 0 Å². The summed E-state index contributed by atoms with van der Waals surface area (Å²) in [5.41, 5.74) is -0.512. The van der Waals surface area contributed by atoms with Crippen LogP contribution in [0.2, 0.25) is 0 Å². The minimum absolute atomic E-state index is 0.512. The van der Waals surface area contributed by atoms with Gasteiger partial charge in [-0.25, -0.2) is 4.98 Å². The highest BCUT2D eigenvalue weighted by Gasteiger charge is 2.00. The number of hydrogen-bond donors (Lipinski definition) is 0. The van der Waals surface area contributed by atoms with Crippen LogP contribution in [0, 0.1) is 5.95 Å². The van der Waals surface area contributed by atoms with Gasteiger partial charge in [0.15, 0.2) is 0 Å². The minimum atomic E-state index is -1.55. The number of aromatic nitrogens is 1. The van der Waals surface area contributed by atoms with Crippen molar-refractivity contribution in [3.05, 3.63) is 29.8 Å². The van der Waals surface area contributed by atoms with Crippen LogP contribution in [0.4, 0.5) is 4.39 Å². The molecule has 52 valence electrons. The Kier molecular flexibility index (Phi) is 1.62. The van der Waals surface area contributed by atoms with E-state index in [1.807, 2.05) is 0 Å². The van der Waals surface area contributed by atoms with Gasteiger partial charge in [0.25, 0.3) is 0 Å². The number of carbonyl (C=O) groups is 1. The summed E-state index contributed by atoms with van der Waals surface area (Å²) < 4.78 is 12.3. The lowest BCUT2D eigenvalue weighted by atomic mass is 10.3. The number of hydrogen-bond acceptors (Lipinski definition) is 3. The van der Waals surface area contributed by atoms with E-state index >= 15 is 0 Å². The highest BCUT2D eigenvalue weighted by atomic mass is 19.1. The molecule has 0 aromatic carbocycles. The topological polar surface area (TPSA) is 53.0 Å². The molecule has 0 fully saturated rings. The standard InChI is InChI=1S/C6H4FNO2/c7-5-4(6(9)10)2-1-3-8-5/h1-3H,(H,9,10)/p-1. The number of pyridine rings is 1. The van der Waals surface area contributed by atoms with E-state index in [0.29, 0.717) is 0 Å². The molecule has 0 aliphatic heterocycles. The molecule has 0 saturated carbocycles. The predicted molar refractivity (Wildman–Crippen MR) is 28.5 cm³/mol. The molecule has 0 amide bonds. The van der Waals surface area contributed by atoms with Crippen molar-refractivity contribution < 1.29 is 14.3 Å². The van der Waals surface area contributed by atoms with Gasteiger partial charge < -0.3 is 9.90 Å². The van der Waals surface area contributed by atoms with E-state index in [-0.39, 0.29) is 0 Å². The Morgan fingerprint density at radius 3 is 2.80 bits per heavy atom. The average molecular weight is 140 g/mol. The van der Waals surface area contributed by atoms with Crippen molar-refractivity contribution in [2.24, 2.45) is 0 Å². The summed E-state index contributed by atoms with van der Waals surface area (Å²) in [6.45, 7) is 0. The maximum absolute atomic E-state index is 12.3. The molecule has 0 aliphatic carbocycles. The number of rotatable bonds is 1. The molecular formula is C6H3FNO2-. The molecule has 0 N–H and O–H groups in total. The number of halogens is 1. The van der Waals surface area contributed by atoms with Crippen molar-refractivity contribution >= 4 is 5.97 Å². The number of aromatic carboxylic acids is 1. The molecule has 10 heavy (non-hydrogen) atoms. The molecule has 0 saturated heterocycles. The second kappa shape index (κ2) is 2.43. The maximum Gasteiger partial charge on any atom is 0.221 e. The van der Waals surface area contributed by atoms with Crippen molar-refractivity contribution in [3.8, 4) is 0 Å². The van der Waals surface area contributed by atoms with Gasteiger partial charge in [0, 0.05) is 6.20 Å². The Balaban J connectivity index is 3.15. The van der Waals surface area contributed by atoms with Crippen molar-refractivity contribution in [1.82, 2.24) is 4.98 Å². The summed E-state index contributed by atoms with van der Waals surface area (Å²) in [6.07, 6.45) is 1.17. The first-order valence-electron chi connectivity index (χ1n) is 2.53. The first-order valence-corrected chi connectivity index (χ1v) is 2.53. The van der Waals surface area contributed by atoms with Crippen LogP contribution < -0.4 is 5.11 Å². The fraction of sp³-hybridized carbons (Fsp3) is 0. The lowest BCUT2D eigenvalue weighted by Crippen LogP contribution is -2.23. The number of carbonyl (C=O) groups excluding carboxylic acids is 1. The number of carboxylic acids is 1. The van der Waals surface area contributed by atoms with E-state index in [1.165, 1.54) is 12.3 Å². The molecule has 0 bridgehead atoms. The van der Waals surface area contributed by atoms with E-state index in [1.54, 1.807) is 0 Å². The van der Waals surface area contributed by atoms with Crippen LogP contribution in [0.1, 0.15) is 10.4 Å². The predicted octanol–water partition coefficient (Wildman–Crippen LogP) is -0.416. The molecule has 0 aliphatic rings. The second-order valence-corrected chi connectivity index (χ2v) is 1.63. The van der Waals surface area contributed by atoms with Gasteiger partial charge in [0.2, 0.25) is 5.95 Å². The van der Waals surface area contributed by atoms with Crippen molar-refractivity contribution in [2.45, 2.75) is 0 Å². The Hall–Kier alpha value is -1.45.